The van der Waals surface area contributed by atoms with Gasteiger partial charge < -0.3 is 9.47 Å². The summed E-state index contributed by atoms with van der Waals surface area (Å²) in [6.07, 6.45) is 0. The van der Waals surface area contributed by atoms with Crippen molar-refractivity contribution >= 4 is 56.2 Å². The molecule has 0 amide bonds. The van der Waals surface area contributed by atoms with Crippen molar-refractivity contribution in [3.63, 3.8) is 0 Å². The van der Waals surface area contributed by atoms with Gasteiger partial charge in [0.25, 0.3) is 0 Å². The minimum absolute atomic E-state index is 0.326. The van der Waals surface area contributed by atoms with E-state index in [2.05, 4.69) is 9.97 Å². The van der Waals surface area contributed by atoms with E-state index in [1.807, 2.05) is 0 Å². The Hall–Kier alpha value is -1.10. The smallest absolute Gasteiger partial charge is 0.357 e. The second-order valence-electron chi connectivity index (χ2n) is 3.66. The fourth-order valence-electron chi connectivity index (χ4n) is 1.23. The number of carbonyl (C=O) groups is 2. The zero-order valence-corrected chi connectivity index (χ0v) is 14.6. The van der Waals surface area contributed by atoms with E-state index in [0.717, 1.165) is 0 Å². The molecule has 2 rings (SSSR count). The molecule has 0 radical (unpaired) electrons. The predicted molar refractivity (Wildman–Crippen MR) is 89.7 cm³/mol. The van der Waals surface area contributed by atoms with Gasteiger partial charge in [0.05, 0.1) is 11.0 Å². The summed E-state index contributed by atoms with van der Waals surface area (Å²) < 4.78 is 10.1. The lowest BCUT2D eigenvalue weighted by Crippen LogP contribution is -2.08. The number of rotatable bonds is 9. The Kier molecular flexibility index (Phi) is 7.71. The molecular formula is C12H12N2O4S4. The van der Waals surface area contributed by atoms with Gasteiger partial charge >= 0.3 is 11.9 Å². The monoisotopic (exact) mass is 376 g/mol. The van der Waals surface area contributed by atoms with Crippen molar-refractivity contribution in [1.82, 2.24) is 9.97 Å². The van der Waals surface area contributed by atoms with Crippen molar-refractivity contribution in [2.24, 2.45) is 0 Å². The third-order valence-electron chi connectivity index (χ3n) is 2.17. The van der Waals surface area contributed by atoms with Crippen LogP contribution in [0.4, 0.5) is 0 Å². The van der Waals surface area contributed by atoms with Gasteiger partial charge in [-0.25, -0.2) is 19.6 Å². The van der Waals surface area contributed by atoms with Crippen LogP contribution in [0, 0.1) is 0 Å². The van der Waals surface area contributed by atoms with E-state index < -0.39 is 11.9 Å². The van der Waals surface area contributed by atoms with E-state index in [-0.39, 0.29) is 0 Å². The summed E-state index contributed by atoms with van der Waals surface area (Å²) in [6, 6.07) is 0. The molecule has 0 saturated heterocycles. The van der Waals surface area contributed by atoms with Crippen molar-refractivity contribution in [1.29, 1.82) is 0 Å². The van der Waals surface area contributed by atoms with Gasteiger partial charge in [-0.1, -0.05) is 21.6 Å². The molecule has 22 heavy (non-hydrogen) atoms. The Bertz CT molecular complexity index is 522. The lowest BCUT2D eigenvalue weighted by atomic mass is 10.5. The summed E-state index contributed by atoms with van der Waals surface area (Å²) in [4.78, 5) is 30.7. The summed E-state index contributed by atoms with van der Waals surface area (Å²) in [5.74, 6) is 0.536. The summed E-state index contributed by atoms with van der Waals surface area (Å²) in [5.41, 5.74) is 3.87. The molecule has 2 heterocycles. The van der Waals surface area contributed by atoms with Crippen LogP contribution in [0.25, 0.3) is 0 Å². The number of thiazole rings is 2. The molecule has 0 fully saturated rings. The highest BCUT2D eigenvalue weighted by molar-refractivity contribution is 8.76. The molecule has 0 aliphatic heterocycles. The first kappa shape index (κ1) is 17.3. The third-order valence-corrected chi connectivity index (χ3v) is 5.67. The Morgan fingerprint density at radius 3 is 1.73 bits per heavy atom. The average molecular weight is 377 g/mol. The molecule has 0 aromatic carbocycles. The Morgan fingerprint density at radius 2 is 1.36 bits per heavy atom. The largest absolute Gasteiger partial charge is 0.460 e. The van der Waals surface area contributed by atoms with Crippen molar-refractivity contribution in [2.75, 3.05) is 24.7 Å². The number of aromatic nitrogens is 2. The molecule has 0 bridgehead atoms. The zero-order valence-electron chi connectivity index (χ0n) is 11.3. The van der Waals surface area contributed by atoms with E-state index in [0.29, 0.717) is 36.1 Å². The number of nitrogens with zero attached hydrogens (tertiary/aromatic N) is 2. The van der Waals surface area contributed by atoms with Crippen LogP contribution in [-0.2, 0) is 9.47 Å². The molecule has 0 unspecified atom stereocenters. The molecule has 2 aromatic heterocycles. The van der Waals surface area contributed by atoms with Crippen LogP contribution in [-0.4, -0.2) is 46.6 Å². The molecule has 0 saturated carbocycles. The minimum Gasteiger partial charge on any atom is -0.460 e. The first-order valence-electron chi connectivity index (χ1n) is 6.12. The first-order valence-corrected chi connectivity index (χ1v) is 10.5. The number of esters is 2. The summed E-state index contributed by atoms with van der Waals surface area (Å²) in [6.45, 7) is 0.652. The fourth-order valence-corrected chi connectivity index (χ4v) is 3.93. The van der Waals surface area contributed by atoms with Crippen molar-refractivity contribution in [2.45, 2.75) is 0 Å². The first-order chi connectivity index (χ1) is 10.8. The fraction of sp³-hybridized carbons (Fsp3) is 0.333. The maximum Gasteiger partial charge on any atom is 0.357 e. The van der Waals surface area contributed by atoms with E-state index in [9.17, 15) is 9.59 Å². The third kappa shape index (κ3) is 5.95. The number of carbonyl (C=O) groups excluding carboxylic acids is 2. The van der Waals surface area contributed by atoms with Gasteiger partial charge in [-0.2, -0.15) is 0 Å². The molecule has 0 spiro atoms. The van der Waals surface area contributed by atoms with Gasteiger partial charge in [0.1, 0.15) is 13.2 Å². The highest BCUT2D eigenvalue weighted by atomic mass is 33.1. The Balaban J connectivity index is 1.45. The molecular weight excluding hydrogens is 364 g/mol. The summed E-state index contributed by atoms with van der Waals surface area (Å²) in [7, 11) is 3.12. The number of hydrogen-bond donors (Lipinski definition) is 0. The molecule has 0 aliphatic rings. The van der Waals surface area contributed by atoms with Crippen molar-refractivity contribution < 1.29 is 19.1 Å². The molecule has 10 heteroatoms. The van der Waals surface area contributed by atoms with Crippen LogP contribution >= 0.6 is 44.3 Å². The SMILES string of the molecule is O=C(OCCSSCCOC(=O)c1cscn1)c1cscn1. The van der Waals surface area contributed by atoms with Crippen molar-refractivity contribution in [3.8, 4) is 0 Å². The summed E-state index contributed by atoms with van der Waals surface area (Å²) in [5, 5.41) is 3.31. The lowest BCUT2D eigenvalue weighted by Gasteiger charge is -2.04. The van der Waals surface area contributed by atoms with Crippen LogP contribution in [0.1, 0.15) is 21.0 Å². The van der Waals surface area contributed by atoms with Crippen molar-refractivity contribution in [3.05, 3.63) is 33.2 Å². The van der Waals surface area contributed by atoms with Crippen LogP contribution < -0.4 is 0 Å². The zero-order chi connectivity index (χ0) is 15.6. The maximum absolute atomic E-state index is 11.5. The number of ether oxygens (including phenoxy) is 2. The average Bonchev–Trinajstić information content (AvgIpc) is 3.22. The van der Waals surface area contributed by atoms with Gasteiger partial charge in [0, 0.05) is 22.3 Å². The molecule has 2 aromatic rings. The van der Waals surface area contributed by atoms with E-state index in [1.165, 1.54) is 22.7 Å². The van der Waals surface area contributed by atoms with E-state index in [4.69, 9.17) is 9.47 Å². The second kappa shape index (κ2) is 9.82. The van der Waals surface area contributed by atoms with Gasteiger partial charge in [-0.15, -0.1) is 22.7 Å². The molecule has 0 atom stereocenters. The Labute approximate surface area is 143 Å². The highest BCUT2D eigenvalue weighted by Crippen LogP contribution is 2.20. The number of hydrogen-bond acceptors (Lipinski definition) is 10. The second-order valence-corrected chi connectivity index (χ2v) is 7.80. The van der Waals surface area contributed by atoms with E-state index >= 15 is 0 Å². The summed E-state index contributed by atoms with van der Waals surface area (Å²) >= 11 is 2.71. The molecule has 6 nitrogen and oxygen atoms in total. The van der Waals surface area contributed by atoms with Crippen LogP contribution in [0.5, 0.6) is 0 Å². The minimum atomic E-state index is -0.399. The van der Waals surface area contributed by atoms with Gasteiger partial charge in [-0.3, -0.25) is 0 Å². The van der Waals surface area contributed by atoms with Crippen LogP contribution in [0.2, 0.25) is 0 Å². The normalized spacial score (nSPS) is 10.4. The Morgan fingerprint density at radius 1 is 0.909 bits per heavy atom. The quantitative estimate of drug-likeness (QED) is 0.375. The van der Waals surface area contributed by atoms with E-state index in [1.54, 1.807) is 43.4 Å². The highest BCUT2D eigenvalue weighted by Gasteiger charge is 2.09. The van der Waals surface area contributed by atoms with Gasteiger partial charge in [-0.05, 0) is 0 Å². The topological polar surface area (TPSA) is 78.4 Å². The molecule has 118 valence electrons. The molecule has 0 aliphatic carbocycles. The maximum atomic E-state index is 11.5. The lowest BCUT2D eigenvalue weighted by molar-refractivity contribution is 0.0514. The standard InChI is InChI=1S/C12H12N2O4S4/c15-11(9-5-19-7-13-9)17-1-3-21-22-4-2-18-12(16)10-6-20-8-14-10/h5-8H,1-4H2. The van der Waals surface area contributed by atoms with Crippen LogP contribution in [0.15, 0.2) is 21.8 Å². The van der Waals surface area contributed by atoms with Gasteiger partial charge in [0.15, 0.2) is 11.4 Å². The predicted octanol–water partition coefficient (Wildman–Crippen LogP) is 2.99. The molecule has 0 N–H and O–H groups in total. The van der Waals surface area contributed by atoms with Gasteiger partial charge in [0.2, 0.25) is 0 Å². The van der Waals surface area contributed by atoms with Crippen LogP contribution in [0.3, 0.4) is 0 Å².